The van der Waals surface area contributed by atoms with E-state index in [-0.39, 0.29) is 53.3 Å². The van der Waals surface area contributed by atoms with E-state index in [9.17, 15) is 14.4 Å². The van der Waals surface area contributed by atoms with Crippen LogP contribution in [-0.4, -0.2) is 71.6 Å². The molecule has 1 saturated heterocycles. The highest BCUT2D eigenvalue weighted by Gasteiger charge is 2.34. The zero-order chi connectivity index (χ0) is 24.1. The number of aromatic nitrogens is 3. The Morgan fingerprint density at radius 2 is 2.03 bits per heavy atom. The van der Waals surface area contributed by atoms with Gasteiger partial charge < -0.3 is 24.7 Å². The quantitative estimate of drug-likeness (QED) is 0.400. The molecule has 10 nitrogen and oxygen atoms in total. The number of thiazole rings is 1. The number of halogens is 1. The van der Waals surface area contributed by atoms with E-state index in [4.69, 9.17) is 21.1 Å². The number of anilines is 1. The van der Waals surface area contributed by atoms with E-state index in [1.165, 1.54) is 0 Å². The minimum absolute atomic E-state index is 0.141. The molecule has 180 valence electrons. The number of amides is 1. The molecule has 3 rings (SSSR count). The van der Waals surface area contributed by atoms with Crippen LogP contribution in [0.3, 0.4) is 0 Å². The van der Waals surface area contributed by atoms with Crippen LogP contribution in [-0.2, 0) is 15.9 Å². The molecule has 12 heteroatoms. The van der Waals surface area contributed by atoms with Crippen molar-refractivity contribution >= 4 is 45.7 Å². The number of Topliss-reactive ketones (excluding diaryl/α,β-unsaturated/α-hetero) is 1. The van der Waals surface area contributed by atoms with Gasteiger partial charge in [-0.15, -0.1) is 0 Å². The minimum Gasteiger partial charge on any atom is -0.462 e. The monoisotopic (exact) mass is 497 g/mol. The van der Waals surface area contributed by atoms with Crippen molar-refractivity contribution in [1.29, 1.82) is 0 Å². The van der Waals surface area contributed by atoms with Crippen molar-refractivity contribution in [2.75, 3.05) is 31.7 Å². The van der Waals surface area contributed by atoms with Crippen molar-refractivity contribution in [1.82, 2.24) is 20.3 Å². The third-order valence-electron chi connectivity index (χ3n) is 5.41. The summed E-state index contributed by atoms with van der Waals surface area (Å²) in [7, 11) is 1.57. The maximum Gasteiger partial charge on any atom is 0.350 e. The Balaban J connectivity index is 1.74. The van der Waals surface area contributed by atoms with E-state index in [0.29, 0.717) is 41.9 Å². The van der Waals surface area contributed by atoms with Gasteiger partial charge in [-0.25, -0.2) is 14.8 Å². The Kier molecular flexibility index (Phi) is 8.44. The molecule has 2 aromatic rings. The van der Waals surface area contributed by atoms with E-state index in [2.05, 4.69) is 20.3 Å². The number of H-pyrrole nitrogens is 1. The standard InChI is InChI=1S/C21H28ClN5O5S/c1-5-11-17(22)26-18(23-11)19(29)24-12-8-9-27(10-14(12)31-4)21-25-15(13(28)6-2)16(33-21)20(30)32-7-3/h12,14H,5-10H2,1-4H3,(H,23,26)(H,24,29). The summed E-state index contributed by atoms with van der Waals surface area (Å²) in [5.74, 6) is -0.954. The van der Waals surface area contributed by atoms with Gasteiger partial charge in [0.25, 0.3) is 5.91 Å². The molecule has 1 aliphatic heterocycles. The SMILES string of the molecule is CCOC(=O)c1sc(N2CCC(NC(=O)c3nc(Cl)c(CC)[nH]3)C(OC)C2)nc1C(=O)CC. The fraction of sp³-hybridized carbons (Fsp3) is 0.571. The number of ketones is 1. The molecule has 1 amide bonds. The van der Waals surface area contributed by atoms with Crippen molar-refractivity contribution in [2.45, 2.75) is 52.2 Å². The van der Waals surface area contributed by atoms with Crippen molar-refractivity contribution in [3.8, 4) is 0 Å². The smallest absolute Gasteiger partial charge is 0.350 e. The maximum absolute atomic E-state index is 12.7. The van der Waals surface area contributed by atoms with Gasteiger partial charge in [-0.1, -0.05) is 36.8 Å². The summed E-state index contributed by atoms with van der Waals surface area (Å²) < 4.78 is 10.7. The van der Waals surface area contributed by atoms with Crippen LogP contribution in [0.2, 0.25) is 5.15 Å². The second kappa shape index (κ2) is 11.1. The van der Waals surface area contributed by atoms with Crippen LogP contribution in [0.5, 0.6) is 0 Å². The predicted octanol–water partition coefficient (Wildman–Crippen LogP) is 2.88. The number of aryl methyl sites for hydroxylation is 1. The third-order valence-corrected chi connectivity index (χ3v) is 6.82. The molecule has 3 heterocycles. The number of nitrogens with one attached hydrogen (secondary N) is 2. The number of nitrogens with zero attached hydrogens (tertiary/aromatic N) is 3. The molecular formula is C21H28ClN5O5S. The second-order valence-corrected chi connectivity index (χ2v) is 8.80. The van der Waals surface area contributed by atoms with E-state index in [0.717, 1.165) is 11.3 Å². The van der Waals surface area contributed by atoms with Gasteiger partial charge in [0, 0.05) is 26.6 Å². The summed E-state index contributed by atoms with van der Waals surface area (Å²) >= 11 is 7.18. The predicted molar refractivity (Wildman–Crippen MR) is 125 cm³/mol. The molecule has 0 saturated carbocycles. The Labute approximate surface area is 201 Å². The summed E-state index contributed by atoms with van der Waals surface area (Å²) in [4.78, 5) is 51.0. The van der Waals surface area contributed by atoms with Gasteiger partial charge in [0.15, 0.2) is 21.9 Å². The molecule has 0 bridgehead atoms. The average Bonchev–Trinajstić information content (AvgIpc) is 3.43. The van der Waals surface area contributed by atoms with E-state index < -0.39 is 5.97 Å². The Hall–Kier alpha value is -2.50. The topological polar surface area (TPSA) is 127 Å². The summed E-state index contributed by atoms with van der Waals surface area (Å²) in [5.41, 5.74) is 0.848. The Bertz CT molecular complexity index is 1020. The highest BCUT2D eigenvalue weighted by atomic mass is 35.5. The van der Waals surface area contributed by atoms with Crippen molar-refractivity contribution in [3.05, 3.63) is 27.2 Å². The lowest BCUT2D eigenvalue weighted by atomic mass is 10.0. The lowest BCUT2D eigenvalue weighted by Gasteiger charge is -2.37. The number of carbonyl (C=O) groups excluding carboxylic acids is 3. The summed E-state index contributed by atoms with van der Waals surface area (Å²) in [5, 5.41) is 3.80. The van der Waals surface area contributed by atoms with Crippen LogP contribution >= 0.6 is 22.9 Å². The van der Waals surface area contributed by atoms with Gasteiger partial charge >= 0.3 is 5.97 Å². The van der Waals surface area contributed by atoms with Gasteiger partial charge in [-0.05, 0) is 19.8 Å². The van der Waals surface area contributed by atoms with Crippen LogP contribution in [0.15, 0.2) is 0 Å². The molecule has 1 aliphatic rings. The van der Waals surface area contributed by atoms with Crippen LogP contribution in [0.25, 0.3) is 0 Å². The highest BCUT2D eigenvalue weighted by Crippen LogP contribution is 2.31. The molecule has 0 spiro atoms. The molecular weight excluding hydrogens is 470 g/mol. The molecule has 0 aliphatic carbocycles. The maximum atomic E-state index is 12.7. The van der Waals surface area contributed by atoms with E-state index >= 15 is 0 Å². The number of piperidine rings is 1. The van der Waals surface area contributed by atoms with Gasteiger partial charge in [0.2, 0.25) is 0 Å². The molecule has 2 atom stereocenters. The van der Waals surface area contributed by atoms with Crippen molar-refractivity contribution < 1.29 is 23.9 Å². The molecule has 1 fully saturated rings. The van der Waals surface area contributed by atoms with Crippen LogP contribution in [0.4, 0.5) is 5.13 Å². The largest absolute Gasteiger partial charge is 0.462 e. The first kappa shape index (κ1) is 25.1. The number of hydrogen-bond acceptors (Lipinski definition) is 9. The number of imidazole rings is 1. The number of ether oxygens (including phenoxy) is 2. The number of aromatic amines is 1. The van der Waals surface area contributed by atoms with Gasteiger partial charge in [0.05, 0.1) is 24.4 Å². The first-order valence-corrected chi connectivity index (χ1v) is 12.1. The first-order chi connectivity index (χ1) is 15.8. The number of esters is 1. The third kappa shape index (κ3) is 5.53. The van der Waals surface area contributed by atoms with Crippen LogP contribution < -0.4 is 10.2 Å². The van der Waals surface area contributed by atoms with Gasteiger partial charge in [-0.3, -0.25) is 9.59 Å². The number of hydrogen-bond donors (Lipinski definition) is 2. The second-order valence-electron chi connectivity index (χ2n) is 7.47. The van der Waals surface area contributed by atoms with Crippen LogP contribution in [0, 0.1) is 0 Å². The van der Waals surface area contributed by atoms with Crippen molar-refractivity contribution in [2.24, 2.45) is 0 Å². The number of methoxy groups -OCH3 is 1. The van der Waals surface area contributed by atoms with E-state index in [1.54, 1.807) is 21.0 Å². The lowest BCUT2D eigenvalue weighted by molar-refractivity contribution is 0.0528. The Morgan fingerprint density at radius 1 is 1.27 bits per heavy atom. The molecule has 0 radical (unpaired) electrons. The zero-order valence-corrected chi connectivity index (χ0v) is 20.6. The first-order valence-electron chi connectivity index (χ1n) is 10.9. The highest BCUT2D eigenvalue weighted by molar-refractivity contribution is 7.17. The normalized spacial score (nSPS) is 18.3. The summed E-state index contributed by atoms with van der Waals surface area (Å²) in [6.07, 6.45) is 1.12. The summed E-state index contributed by atoms with van der Waals surface area (Å²) in [6, 6.07) is -0.256. The zero-order valence-electron chi connectivity index (χ0n) is 19.1. The Morgan fingerprint density at radius 3 is 2.64 bits per heavy atom. The minimum atomic E-state index is -0.549. The van der Waals surface area contributed by atoms with Crippen molar-refractivity contribution in [3.63, 3.8) is 0 Å². The molecule has 33 heavy (non-hydrogen) atoms. The lowest BCUT2D eigenvalue weighted by Crippen LogP contribution is -2.55. The van der Waals surface area contributed by atoms with Crippen LogP contribution in [0.1, 0.15) is 70.1 Å². The summed E-state index contributed by atoms with van der Waals surface area (Å²) in [6.45, 7) is 6.55. The number of carbonyl (C=O) groups is 3. The molecule has 0 aromatic carbocycles. The van der Waals surface area contributed by atoms with Gasteiger partial charge in [0.1, 0.15) is 10.6 Å². The molecule has 2 N–H and O–H groups in total. The number of rotatable bonds is 9. The van der Waals surface area contributed by atoms with Gasteiger partial charge in [-0.2, -0.15) is 0 Å². The fourth-order valence-corrected chi connectivity index (χ4v) is 4.87. The fourth-order valence-electron chi connectivity index (χ4n) is 3.60. The molecule has 2 aromatic heterocycles. The average molecular weight is 498 g/mol. The molecule has 2 unspecified atom stereocenters. The van der Waals surface area contributed by atoms with E-state index in [1.807, 2.05) is 11.8 Å².